The average Bonchev–Trinajstić information content (AvgIpc) is 2.47. The molecule has 0 unspecified atom stereocenters. The molecule has 0 spiro atoms. The van der Waals surface area contributed by atoms with Gasteiger partial charge in [0.05, 0.1) is 5.69 Å². The first-order chi connectivity index (χ1) is 8.74. The molecule has 0 amide bonds. The van der Waals surface area contributed by atoms with E-state index in [4.69, 9.17) is 5.73 Å². The molecule has 0 atom stereocenters. The lowest BCUT2D eigenvalue weighted by Crippen LogP contribution is -2.12. The first-order valence-electron chi connectivity index (χ1n) is 6.10. The second-order valence-electron chi connectivity index (χ2n) is 4.17. The van der Waals surface area contributed by atoms with E-state index >= 15 is 0 Å². The highest BCUT2D eigenvalue weighted by molar-refractivity contribution is 5.58. The van der Waals surface area contributed by atoms with Gasteiger partial charge in [0.1, 0.15) is 0 Å². The molecule has 4 nitrogen and oxygen atoms in total. The van der Waals surface area contributed by atoms with E-state index in [1.54, 1.807) is 0 Å². The summed E-state index contributed by atoms with van der Waals surface area (Å²) in [6.45, 7) is 2.57. The number of nitrogens with two attached hydrogens (primary N) is 1. The third kappa shape index (κ3) is 2.65. The molecule has 0 aliphatic heterocycles. The quantitative estimate of drug-likeness (QED) is 0.893. The Morgan fingerprint density at radius 2 is 1.78 bits per heavy atom. The number of hydrogen-bond acceptors (Lipinski definition) is 4. The lowest BCUT2D eigenvalue weighted by molar-refractivity contribution is 0.887. The lowest BCUT2D eigenvalue weighted by Gasteiger charge is -2.18. The van der Waals surface area contributed by atoms with Crippen molar-refractivity contribution in [3.8, 4) is 0 Å². The van der Waals surface area contributed by atoms with Crippen LogP contribution in [0.4, 0.5) is 11.5 Å². The van der Waals surface area contributed by atoms with Gasteiger partial charge in [0.25, 0.3) is 0 Å². The van der Waals surface area contributed by atoms with Gasteiger partial charge in [0.15, 0.2) is 5.82 Å². The number of nitrogens with zero attached hydrogens (tertiary/aromatic N) is 3. The maximum absolute atomic E-state index is 5.50. The topological polar surface area (TPSA) is 55.0 Å². The number of anilines is 2. The first kappa shape index (κ1) is 12.5. The monoisotopic (exact) mass is 242 g/mol. The van der Waals surface area contributed by atoms with Crippen LogP contribution in [0.15, 0.2) is 36.4 Å². The molecule has 18 heavy (non-hydrogen) atoms. The molecule has 2 rings (SSSR count). The van der Waals surface area contributed by atoms with Crippen LogP contribution in [0.1, 0.15) is 18.2 Å². The molecule has 0 bridgehead atoms. The third-order valence-corrected chi connectivity index (χ3v) is 2.99. The van der Waals surface area contributed by atoms with Gasteiger partial charge in [0, 0.05) is 19.3 Å². The number of hydrogen-bond donors (Lipinski definition) is 1. The van der Waals surface area contributed by atoms with E-state index in [0.29, 0.717) is 6.54 Å². The zero-order chi connectivity index (χ0) is 13.0. The van der Waals surface area contributed by atoms with Crippen LogP contribution in [-0.2, 0) is 13.0 Å². The zero-order valence-electron chi connectivity index (χ0n) is 10.8. The van der Waals surface area contributed by atoms with Crippen molar-refractivity contribution >= 4 is 11.5 Å². The average molecular weight is 242 g/mol. The summed E-state index contributed by atoms with van der Waals surface area (Å²) in [4.78, 5) is 2.01. The Bertz CT molecular complexity index is 443. The predicted octanol–water partition coefficient (Wildman–Crippen LogP) is 2.27. The summed E-state index contributed by atoms with van der Waals surface area (Å²) in [5.41, 5.74) is 8.73. The van der Waals surface area contributed by atoms with Crippen LogP contribution in [0, 0.1) is 0 Å². The largest absolute Gasteiger partial charge is 0.328 e. The van der Waals surface area contributed by atoms with Crippen molar-refractivity contribution in [1.82, 2.24) is 10.2 Å². The first-order valence-corrected chi connectivity index (χ1v) is 6.10. The maximum atomic E-state index is 5.50. The minimum absolute atomic E-state index is 0.419. The van der Waals surface area contributed by atoms with E-state index in [-0.39, 0.29) is 0 Å². The Kier molecular flexibility index (Phi) is 3.89. The molecule has 1 aromatic carbocycles. The molecule has 0 radical (unpaired) electrons. The Balaban J connectivity index is 2.20. The fourth-order valence-electron chi connectivity index (χ4n) is 1.73. The Labute approximate surface area is 107 Å². The van der Waals surface area contributed by atoms with Crippen molar-refractivity contribution < 1.29 is 0 Å². The van der Waals surface area contributed by atoms with Gasteiger partial charge in [-0.25, -0.2) is 0 Å². The Hall–Kier alpha value is -1.94. The molecule has 94 valence electrons. The molecular formula is C14H18N4. The van der Waals surface area contributed by atoms with E-state index in [1.165, 1.54) is 5.56 Å². The van der Waals surface area contributed by atoms with Gasteiger partial charge < -0.3 is 10.6 Å². The van der Waals surface area contributed by atoms with Crippen molar-refractivity contribution in [3.63, 3.8) is 0 Å². The highest BCUT2D eigenvalue weighted by Gasteiger charge is 2.05. The molecular weight excluding hydrogens is 224 g/mol. The summed E-state index contributed by atoms with van der Waals surface area (Å²) in [7, 11) is 1.98. The van der Waals surface area contributed by atoms with Crippen LogP contribution in [0.25, 0.3) is 0 Å². The molecule has 0 saturated heterocycles. The lowest BCUT2D eigenvalue weighted by atomic mass is 10.1. The van der Waals surface area contributed by atoms with Crippen LogP contribution in [-0.4, -0.2) is 17.2 Å². The molecule has 0 aliphatic rings. The SMILES string of the molecule is CCc1ccc(N(C)c2ccc(CN)nn2)cc1. The van der Waals surface area contributed by atoms with Gasteiger partial charge in [-0.3, -0.25) is 0 Å². The molecule has 2 N–H and O–H groups in total. The normalized spacial score (nSPS) is 10.4. The second-order valence-corrected chi connectivity index (χ2v) is 4.17. The van der Waals surface area contributed by atoms with Crippen molar-refractivity contribution in [2.75, 3.05) is 11.9 Å². The van der Waals surface area contributed by atoms with Gasteiger partial charge in [-0.15, -0.1) is 5.10 Å². The Morgan fingerprint density at radius 3 is 2.28 bits per heavy atom. The Morgan fingerprint density at radius 1 is 1.06 bits per heavy atom. The predicted molar refractivity (Wildman–Crippen MR) is 73.8 cm³/mol. The summed E-state index contributed by atoms with van der Waals surface area (Å²) in [6, 6.07) is 12.3. The van der Waals surface area contributed by atoms with E-state index in [0.717, 1.165) is 23.6 Å². The molecule has 4 heteroatoms. The standard InChI is InChI=1S/C14H18N4/c1-3-11-4-7-13(8-5-11)18(2)14-9-6-12(10-15)16-17-14/h4-9H,3,10,15H2,1-2H3. The van der Waals surface area contributed by atoms with Gasteiger partial charge in [-0.1, -0.05) is 19.1 Å². The summed E-state index contributed by atoms with van der Waals surface area (Å²) >= 11 is 0. The third-order valence-electron chi connectivity index (χ3n) is 2.99. The van der Waals surface area contributed by atoms with Gasteiger partial charge in [-0.05, 0) is 36.2 Å². The van der Waals surface area contributed by atoms with E-state index in [9.17, 15) is 0 Å². The van der Waals surface area contributed by atoms with Gasteiger partial charge >= 0.3 is 0 Å². The van der Waals surface area contributed by atoms with Crippen molar-refractivity contribution in [2.45, 2.75) is 19.9 Å². The van der Waals surface area contributed by atoms with E-state index < -0.39 is 0 Å². The molecule has 2 aromatic rings. The number of aromatic nitrogens is 2. The second kappa shape index (κ2) is 5.60. The van der Waals surface area contributed by atoms with E-state index in [2.05, 4.69) is 41.4 Å². The minimum atomic E-state index is 0.419. The summed E-state index contributed by atoms with van der Waals surface area (Å²) in [5.74, 6) is 0.816. The minimum Gasteiger partial charge on any atom is -0.328 e. The number of benzene rings is 1. The van der Waals surface area contributed by atoms with Crippen LogP contribution >= 0.6 is 0 Å². The molecule has 0 fully saturated rings. The van der Waals surface area contributed by atoms with Crippen LogP contribution in [0.2, 0.25) is 0 Å². The van der Waals surface area contributed by atoms with Crippen molar-refractivity contribution in [2.24, 2.45) is 5.73 Å². The van der Waals surface area contributed by atoms with Crippen LogP contribution in [0.5, 0.6) is 0 Å². The highest BCUT2D eigenvalue weighted by atomic mass is 15.2. The summed E-state index contributed by atoms with van der Waals surface area (Å²) < 4.78 is 0. The molecule has 0 saturated carbocycles. The summed E-state index contributed by atoms with van der Waals surface area (Å²) in [5, 5.41) is 8.23. The highest BCUT2D eigenvalue weighted by Crippen LogP contribution is 2.21. The number of aryl methyl sites for hydroxylation is 1. The van der Waals surface area contributed by atoms with Crippen molar-refractivity contribution in [3.05, 3.63) is 47.7 Å². The van der Waals surface area contributed by atoms with Crippen LogP contribution < -0.4 is 10.6 Å². The van der Waals surface area contributed by atoms with Crippen LogP contribution in [0.3, 0.4) is 0 Å². The van der Waals surface area contributed by atoms with Gasteiger partial charge in [-0.2, -0.15) is 5.10 Å². The summed E-state index contributed by atoms with van der Waals surface area (Å²) in [6.07, 6.45) is 1.05. The fraction of sp³-hybridized carbons (Fsp3) is 0.286. The molecule has 0 aliphatic carbocycles. The fourth-order valence-corrected chi connectivity index (χ4v) is 1.73. The van der Waals surface area contributed by atoms with Gasteiger partial charge in [0.2, 0.25) is 0 Å². The van der Waals surface area contributed by atoms with Crippen molar-refractivity contribution in [1.29, 1.82) is 0 Å². The molecule has 1 aromatic heterocycles. The smallest absolute Gasteiger partial charge is 0.155 e. The zero-order valence-corrected chi connectivity index (χ0v) is 10.8. The maximum Gasteiger partial charge on any atom is 0.155 e. The molecule has 1 heterocycles. The number of rotatable bonds is 4. The van der Waals surface area contributed by atoms with E-state index in [1.807, 2.05) is 24.1 Å².